The van der Waals surface area contributed by atoms with Gasteiger partial charge in [-0.2, -0.15) is 0 Å². The average Bonchev–Trinajstić information content (AvgIpc) is 2.39. The van der Waals surface area contributed by atoms with E-state index >= 15 is 0 Å². The summed E-state index contributed by atoms with van der Waals surface area (Å²) in [4.78, 5) is 13.3. The van der Waals surface area contributed by atoms with Crippen LogP contribution in [0.25, 0.3) is 11.1 Å². The minimum Gasteiger partial charge on any atom is -0.406 e. The van der Waals surface area contributed by atoms with Crippen LogP contribution < -0.4 is 5.76 Å². The molecule has 0 aliphatic rings. The van der Waals surface area contributed by atoms with Crippen molar-refractivity contribution < 1.29 is 4.42 Å². The number of benzene rings is 1. The summed E-state index contributed by atoms with van der Waals surface area (Å²) in [6.45, 7) is 1.86. The lowest BCUT2D eigenvalue weighted by Gasteiger charge is -1.94. The van der Waals surface area contributed by atoms with Crippen LogP contribution in [-0.4, -0.2) is 4.98 Å². The number of hydrogen-bond acceptors (Lipinski definition) is 2. The maximum atomic E-state index is 10.8. The Bertz CT molecular complexity index is 483. The lowest BCUT2D eigenvalue weighted by atomic mass is 10.2. The van der Waals surface area contributed by atoms with E-state index in [4.69, 9.17) is 16.0 Å². The van der Waals surface area contributed by atoms with Crippen LogP contribution in [0, 0.1) is 6.92 Å². The molecule has 0 aliphatic carbocycles. The van der Waals surface area contributed by atoms with Crippen LogP contribution in [0.15, 0.2) is 21.3 Å². The molecule has 0 aliphatic heterocycles. The van der Waals surface area contributed by atoms with E-state index in [1.54, 1.807) is 6.07 Å². The first-order chi connectivity index (χ1) is 5.68. The maximum absolute atomic E-state index is 10.8. The lowest BCUT2D eigenvalue weighted by molar-refractivity contribution is 0.555. The van der Waals surface area contributed by atoms with Crippen molar-refractivity contribution in [3.63, 3.8) is 0 Å². The quantitative estimate of drug-likeness (QED) is 0.680. The topological polar surface area (TPSA) is 46.0 Å². The van der Waals surface area contributed by atoms with Gasteiger partial charge in [0.2, 0.25) is 0 Å². The highest BCUT2D eigenvalue weighted by atomic mass is 35.5. The van der Waals surface area contributed by atoms with Gasteiger partial charge in [-0.15, -0.1) is 0 Å². The van der Waals surface area contributed by atoms with Crippen LogP contribution in [0.1, 0.15) is 5.56 Å². The van der Waals surface area contributed by atoms with Gasteiger partial charge in [0.15, 0.2) is 5.58 Å². The Balaban J connectivity index is 2.99. The van der Waals surface area contributed by atoms with Crippen molar-refractivity contribution >= 4 is 22.7 Å². The lowest BCUT2D eigenvalue weighted by Crippen LogP contribution is -1.92. The van der Waals surface area contributed by atoms with Crippen LogP contribution in [0.2, 0.25) is 5.02 Å². The Hall–Kier alpha value is -1.22. The van der Waals surface area contributed by atoms with E-state index in [1.807, 2.05) is 13.0 Å². The number of hydrogen-bond donors (Lipinski definition) is 1. The summed E-state index contributed by atoms with van der Waals surface area (Å²) in [6.07, 6.45) is 0. The minimum atomic E-state index is -0.475. The Morgan fingerprint density at radius 3 is 3.00 bits per heavy atom. The molecular weight excluding hydrogens is 178 g/mol. The molecular formula is C8H6ClNO2. The highest BCUT2D eigenvalue weighted by Gasteiger charge is 2.06. The van der Waals surface area contributed by atoms with Crippen molar-refractivity contribution in [2.45, 2.75) is 6.92 Å². The second kappa shape index (κ2) is 2.38. The summed E-state index contributed by atoms with van der Waals surface area (Å²) < 4.78 is 4.84. The van der Waals surface area contributed by atoms with Crippen LogP contribution in [0.3, 0.4) is 0 Å². The van der Waals surface area contributed by atoms with Gasteiger partial charge in [0.05, 0.1) is 10.5 Å². The second-order valence-corrected chi connectivity index (χ2v) is 2.97. The average molecular weight is 184 g/mol. The molecule has 1 aromatic carbocycles. The van der Waals surface area contributed by atoms with Gasteiger partial charge < -0.3 is 4.42 Å². The number of nitrogens with one attached hydrogen (secondary N) is 1. The van der Waals surface area contributed by atoms with Crippen molar-refractivity contribution in [1.82, 2.24) is 4.98 Å². The Kier molecular flexibility index (Phi) is 1.48. The summed E-state index contributed by atoms with van der Waals surface area (Å²) in [5.41, 5.74) is 1.96. The van der Waals surface area contributed by atoms with Gasteiger partial charge in [0.1, 0.15) is 0 Å². The van der Waals surface area contributed by atoms with E-state index in [1.165, 1.54) is 0 Å². The molecule has 0 atom stereocenters. The van der Waals surface area contributed by atoms with E-state index in [2.05, 4.69) is 4.98 Å². The molecule has 0 fully saturated rings. The van der Waals surface area contributed by atoms with Crippen molar-refractivity contribution in [2.24, 2.45) is 0 Å². The van der Waals surface area contributed by atoms with Gasteiger partial charge in [0, 0.05) is 0 Å². The Morgan fingerprint density at radius 1 is 1.50 bits per heavy atom. The standard InChI is InChI=1S/C8H6ClNO2/c1-4-2-3-5-7(6(4)9)12-8(11)10-5/h2-3H,1H3,(H,10,11). The van der Waals surface area contributed by atoms with Crippen molar-refractivity contribution in [2.75, 3.05) is 0 Å². The van der Waals surface area contributed by atoms with Crippen LogP contribution in [0.4, 0.5) is 0 Å². The predicted molar refractivity (Wildman–Crippen MR) is 46.6 cm³/mol. The number of aryl methyl sites for hydroxylation is 1. The van der Waals surface area contributed by atoms with Gasteiger partial charge in [-0.3, -0.25) is 4.98 Å². The van der Waals surface area contributed by atoms with Crippen molar-refractivity contribution in [3.05, 3.63) is 33.3 Å². The molecule has 1 aromatic heterocycles. The molecule has 0 saturated carbocycles. The van der Waals surface area contributed by atoms with Crippen LogP contribution >= 0.6 is 11.6 Å². The summed E-state index contributed by atoms with van der Waals surface area (Å²) >= 11 is 5.89. The third-order valence-electron chi connectivity index (χ3n) is 1.72. The van der Waals surface area contributed by atoms with Crippen molar-refractivity contribution in [3.8, 4) is 0 Å². The van der Waals surface area contributed by atoms with Gasteiger partial charge >= 0.3 is 5.76 Å². The van der Waals surface area contributed by atoms with Crippen LogP contribution in [0.5, 0.6) is 0 Å². The second-order valence-electron chi connectivity index (χ2n) is 2.59. The number of oxazole rings is 1. The number of H-pyrrole nitrogens is 1. The molecule has 0 amide bonds. The number of aromatic nitrogens is 1. The SMILES string of the molecule is Cc1ccc2[nH]c(=O)oc2c1Cl. The zero-order chi connectivity index (χ0) is 8.72. The molecule has 0 unspecified atom stereocenters. The monoisotopic (exact) mass is 183 g/mol. The molecule has 62 valence electrons. The highest BCUT2D eigenvalue weighted by molar-refractivity contribution is 6.35. The molecule has 2 aromatic rings. The molecule has 0 radical (unpaired) electrons. The third-order valence-corrected chi connectivity index (χ3v) is 2.19. The van der Waals surface area contributed by atoms with Gasteiger partial charge in [0.25, 0.3) is 0 Å². The van der Waals surface area contributed by atoms with E-state index < -0.39 is 5.76 Å². The zero-order valence-corrected chi connectivity index (χ0v) is 7.11. The molecule has 0 saturated heterocycles. The summed E-state index contributed by atoms with van der Waals surface area (Å²) in [6, 6.07) is 3.59. The van der Waals surface area contributed by atoms with Gasteiger partial charge in [-0.05, 0) is 18.6 Å². The third kappa shape index (κ3) is 0.940. The predicted octanol–water partition coefficient (Wildman–Crippen LogP) is 2.08. The normalized spacial score (nSPS) is 10.8. The summed E-state index contributed by atoms with van der Waals surface area (Å²) in [7, 11) is 0. The van der Waals surface area contributed by atoms with E-state index in [0.29, 0.717) is 16.1 Å². The molecule has 3 nitrogen and oxygen atoms in total. The number of aromatic amines is 1. The first-order valence-electron chi connectivity index (χ1n) is 3.46. The summed E-state index contributed by atoms with van der Waals surface area (Å²) in [5, 5.41) is 0.492. The van der Waals surface area contributed by atoms with Crippen molar-refractivity contribution in [1.29, 1.82) is 0 Å². The molecule has 1 N–H and O–H groups in total. The number of fused-ring (bicyclic) bond motifs is 1. The largest absolute Gasteiger partial charge is 0.417 e. The minimum absolute atomic E-state index is 0.432. The number of rotatable bonds is 0. The van der Waals surface area contributed by atoms with Crippen LogP contribution in [-0.2, 0) is 0 Å². The number of halogens is 1. The summed E-state index contributed by atoms with van der Waals surface area (Å²) in [5.74, 6) is -0.475. The van der Waals surface area contributed by atoms with E-state index in [0.717, 1.165) is 5.56 Å². The molecule has 0 bridgehead atoms. The fraction of sp³-hybridized carbons (Fsp3) is 0.125. The van der Waals surface area contributed by atoms with Gasteiger partial charge in [-0.1, -0.05) is 17.7 Å². The fourth-order valence-electron chi connectivity index (χ4n) is 1.08. The first kappa shape index (κ1) is 7.43. The Morgan fingerprint density at radius 2 is 2.25 bits per heavy atom. The maximum Gasteiger partial charge on any atom is 0.417 e. The Labute approximate surface area is 73.0 Å². The molecule has 2 rings (SSSR count). The zero-order valence-electron chi connectivity index (χ0n) is 6.35. The fourth-order valence-corrected chi connectivity index (χ4v) is 1.28. The molecule has 4 heteroatoms. The van der Waals surface area contributed by atoms with E-state index in [-0.39, 0.29) is 0 Å². The first-order valence-corrected chi connectivity index (χ1v) is 3.84. The smallest absolute Gasteiger partial charge is 0.406 e. The molecule has 0 spiro atoms. The van der Waals surface area contributed by atoms with E-state index in [9.17, 15) is 4.79 Å². The van der Waals surface area contributed by atoms with Gasteiger partial charge in [-0.25, -0.2) is 4.79 Å². The molecule has 1 heterocycles. The molecule has 12 heavy (non-hydrogen) atoms. The highest BCUT2D eigenvalue weighted by Crippen LogP contribution is 2.24.